The molecule has 0 amide bonds. The molecule has 1 saturated heterocycles. The Kier molecular flexibility index (Phi) is 1.66. The van der Waals surface area contributed by atoms with Gasteiger partial charge in [-0.1, -0.05) is 0 Å². The molecule has 2 aliphatic rings. The van der Waals surface area contributed by atoms with Crippen LogP contribution in [0, 0.1) is 5.92 Å². The molecule has 3 unspecified atom stereocenters. The zero-order valence-corrected chi connectivity index (χ0v) is 6.25. The smallest absolute Gasteiger partial charge is 0.0605 e. The van der Waals surface area contributed by atoms with E-state index in [9.17, 15) is 0 Å². The monoisotopic (exact) mass is 141 g/mol. The molecule has 2 heteroatoms. The molecule has 1 heterocycles. The molecule has 0 bridgehead atoms. The Bertz CT molecular complexity index is 126. The summed E-state index contributed by atoms with van der Waals surface area (Å²) in [5, 5.41) is 0. The van der Waals surface area contributed by atoms with Gasteiger partial charge in [0.15, 0.2) is 0 Å². The van der Waals surface area contributed by atoms with Crippen molar-refractivity contribution in [3.63, 3.8) is 0 Å². The van der Waals surface area contributed by atoms with Gasteiger partial charge in [-0.15, -0.1) is 0 Å². The highest BCUT2D eigenvalue weighted by Gasteiger charge is 2.33. The summed E-state index contributed by atoms with van der Waals surface area (Å²) in [5.41, 5.74) is 5.84. The SMILES string of the molecule is NC1CCC2OCCC2C1. The molecule has 58 valence electrons. The first-order valence-corrected chi connectivity index (χ1v) is 4.23. The van der Waals surface area contributed by atoms with Crippen LogP contribution in [0.2, 0.25) is 0 Å². The predicted molar refractivity (Wildman–Crippen MR) is 39.7 cm³/mol. The quantitative estimate of drug-likeness (QED) is 0.544. The first-order valence-electron chi connectivity index (χ1n) is 4.23. The lowest BCUT2D eigenvalue weighted by Crippen LogP contribution is -2.33. The Morgan fingerprint density at radius 3 is 3.00 bits per heavy atom. The molecule has 2 N–H and O–H groups in total. The molecule has 2 fully saturated rings. The average Bonchev–Trinajstić information content (AvgIpc) is 2.33. The van der Waals surface area contributed by atoms with E-state index in [0.717, 1.165) is 12.5 Å². The lowest BCUT2D eigenvalue weighted by molar-refractivity contribution is 0.0616. The maximum absolute atomic E-state index is 5.84. The van der Waals surface area contributed by atoms with Gasteiger partial charge in [0.25, 0.3) is 0 Å². The van der Waals surface area contributed by atoms with Crippen LogP contribution in [0.1, 0.15) is 25.7 Å². The van der Waals surface area contributed by atoms with Crippen molar-refractivity contribution in [2.24, 2.45) is 11.7 Å². The largest absolute Gasteiger partial charge is 0.378 e. The highest BCUT2D eigenvalue weighted by molar-refractivity contribution is 4.85. The highest BCUT2D eigenvalue weighted by Crippen LogP contribution is 2.33. The lowest BCUT2D eigenvalue weighted by Gasteiger charge is -2.28. The van der Waals surface area contributed by atoms with Crippen LogP contribution in [-0.4, -0.2) is 18.8 Å². The van der Waals surface area contributed by atoms with Gasteiger partial charge >= 0.3 is 0 Å². The molecule has 0 spiro atoms. The van der Waals surface area contributed by atoms with E-state index in [0.29, 0.717) is 12.1 Å². The fraction of sp³-hybridized carbons (Fsp3) is 1.00. The van der Waals surface area contributed by atoms with Crippen LogP contribution < -0.4 is 5.73 Å². The molecular formula is C8H15NO. The number of rotatable bonds is 0. The number of hydrogen-bond acceptors (Lipinski definition) is 2. The zero-order chi connectivity index (χ0) is 6.97. The molecular weight excluding hydrogens is 126 g/mol. The minimum Gasteiger partial charge on any atom is -0.378 e. The summed E-state index contributed by atoms with van der Waals surface area (Å²) < 4.78 is 5.55. The molecule has 3 atom stereocenters. The van der Waals surface area contributed by atoms with E-state index in [4.69, 9.17) is 10.5 Å². The van der Waals surface area contributed by atoms with Crippen LogP contribution in [0.5, 0.6) is 0 Å². The van der Waals surface area contributed by atoms with Crippen LogP contribution >= 0.6 is 0 Å². The van der Waals surface area contributed by atoms with Crippen molar-refractivity contribution >= 4 is 0 Å². The topological polar surface area (TPSA) is 35.2 Å². The summed E-state index contributed by atoms with van der Waals surface area (Å²) in [6.07, 6.45) is 5.38. The molecule has 10 heavy (non-hydrogen) atoms. The summed E-state index contributed by atoms with van der Waals surface area (Å²) in [5.74, 6) is 0.795. The van der Waals surface area contributed by atoms with Crippen LogP contribution in [-0.2, 0) is 4.74 Å². The van der Waals surface area contributed by atoms with E-state index in [1.54, 1.807) is 0 Å². The minimum atomic E-state index is 0.461. The van der Waals surface area contributed by atoms with Crippen molar-refractivity contribution in [2.75, 3.05) is 6.61 Å². The van der Waals surface area contributed by atoms with E-state index in [2.05, 4.69) is 0 Å². The van der Waals surface area contributed by atoms with Gasteiger partial charge in [0.2, 0.25) is 0 Å². The van der Waals surface area contributed by atoms with Crippen molar-refractivity contribution in [1.82, 2.24) is 0 Å². The van der Waals surface area contributed by atoms with Gasteiger partial charge in [-0.3, -0.25) is 0 Å². The summed E-state index contributed by atoms with van der Waals surface area (Å²) >= 11 is 0. The molecule has 0 aromatic carbocycles. The second-order valence-corrected chi connectivity index (χ2v) is 3.53. The second-order valence-electron chi connectivity index (χ2n) is 3.53. The molecule has 0 radical (unpaired) electrons. The van der Waals surface area contributed by atoms with E-state index < -0.39 is 0 Å². The minimum absolute atomic E-state index is 0.461. The van der Waals surface area contributed by atoms with Crippen molar-refractivity contribution in [3.05, 3.63) is 0 Å². The van der Waals surface area contributed by atoms with Crippen LogP contribution in [0.25, 0.3) is 0 Å². The Morgan fingerprint density at radius 1 is 1.20 bits per heavy atom. The zero-order valence-electron chi connectivity index (χ0n) is 6.25. The van der Waals surface area contributed by atoms with E-state index in [1.165, 1.54) is 25.7 Å². The Labute approximate surface area is 61.7 Å². The standard InChI is InChI=1S/C8H15NO/c9-7-1-2-8-6(5-7)3-4-10-8/h6-8H,1-5,9H2. The summed E-state index contributed by atoms with van der Waals surface area (Å²) in [6, 6.07) is 0.461. The molecule has 0 aromatic heterocycles. The molecule has 1 saturated carbocycles. The summed E-state index contributed by atoms with van der Waals surface area (Å²) in [6.45, 7) is 0.974. The molecule has 1 aliphatic carbocycles. The fourth-order valence-electron chi connectivity index (χ4n) is 2.17. The van der Waals surface area contributed by atoms with Crippen molar-refractivity contribution in [1.29, 1.82) is 0 Å². The maximum Gasteiger partial charge on any atom is 0.0605 e. The van der Waals surface area contributed by atoms with Crippen molar-refractivity contribution < 1.29 is 4.74 Å². The van der Waals surface area contributed by atoms with E-state index >= 15 is 0 Å². The number of fused-ring (bicyclic) bond motifs is 1. The third-order valence-electron chi connectivity index (χ3n) is 2.77. The van der Waals surface area contributed by atoms with Gasteiger partial charge in [0, 0.05) is 12.6 Å². The third kappa shape index (κ3) is 1.06. The predicted octanol–water partition coefficient (Wildman–Crippen LogP) is 0.903. The van der Waals surface area contributed by atoms with Crippen LogP contribution in [0.3, 0.4) is 0 Å². The van der Waals surface area contributed by atoms with Gasteiger partial charge in [-0.25, -0.2) is 0 Å². The Hall–Kier alpha value is -0.0800. The van der Waals surface area contributed by atoms with Crippen LogP contribution in [0.15, 0.2) is 0 Å². The number of nitrogens with two attached hydrogens (primary N) is 1. The second kappa shape index (κ2) is 2.51. The van der Waals surface area contributed by atoms with E-state index in [1.807, 2.05) is 0 Å². The molecule has 2 rings (SSSR count). The summed E-state index contributed by atoms with van der Waals surface area (Å²) in [4.78, 5) is 0. The van der Waals surface area contributed by atoms with Crippen LogP contribution in [0.4, 0.5) is 0 Å². The third-order valence-corrected chi connectivity index (χ3v) is 2.77. The van der Waals surface area contributed by atoms with Gasteiger partial charge in [0.05, 0.1) is 6.10 Å². The molecule has 2 nitrogen and oxygen atoms in total. The first-order chi connectivity index (χ1) is 4.86. The molecule has 0 aromatic rings. The fourth-order valence-corrected chi connectivity index (χ4v) is 2.17. The van der Waals surface area contributed by atoms with E-state index in [-0.39, 0.29) is 0 Å². The van der Waals surface area contributed by atoms with Gasteiger partial charge in [0.1, 0.15) is 0 Å². The Morgan fingerprint density at radius 2 is 2.10 bits per heavy atom. The highest BCUT2D eigenvalue weighted by atomic mass is 16.5. The first kappa shape index (κ1) is 6.62. The number of hydrogen-bond donors (Lipinski definition) is 1. The average molecular weight is 141 g/mol. The van der Waals surface area contributed by atoms with Gasteiger partial charge < -0.3 is 10.5 Å². The molecule has 1 aliphatic heterocycles. The van der Waals surface area contributed by atoms with Crippen molar-refractivity contribution in [3.8, 4) is 0 Å². The van der Waals surface area contributed by atoms with Gasteiger partial charge in [-0.2, -0.15) is 0 Å². The Balaban J connectivity index is 1.96. The lowest BCUT2D eigenvalue weighted by atomic mass is 9.83. The number of ether oxygens (including phenoxy) is 1. The maximum atomic E-state index is 5.84. The van der Waals surface area contributed by atoms with Gasteiger partial charge in [-0.05, 0) is 31.6 Å². The van der Waals surface area contributed by atoms with Crippen molar-refractivity contribution in [2.45, 2.75) is 37.8 Å². The normalized spacial score (nSPS) is 47.1. The summed E-state index contributed by atoms with van der Waals surface area (Å²) in [7, 11) is 0.